The zero-order valence-electron chi connectivity index (χ0n) is 10.7. The van der Waals surface area contributed by atoms with Gasteiger partial charge in [0.1, 0.15) is 0 Å². The molecule has 0 aliphatic carbocycles. The number of rotatable bonds is 6. The summed E-state index contributed by atoms with van der Waals surface area (Å²) in [6, 6.07) is 0. The summed E-state index contributed by atoms with van der Waals surface area (Å²) in [5.74, 6) is 0. The Kier molecular flexibility index (Phi) is 6.26. The largest absolute Gasteiger partial charge is 0.375 e. The Morgan fingerprint density at radius 2 is 1.87 bits per heavy atom. The van der Waals surface area contributed by atoms with Crippen molar-refractivity contribution in [3.05, 3.63) is 0 Å². The molecule has 0 radical (unpaired) electrons. The molecule has 2 nitrogen and oxygen atoms in total. The molecule has 0 saturated carbocycles. The van der Waals surface area contributed by atoms with Crippen molar-refractivity contribution < 1.29 is 4.74 Å². The molecule has 0 amide bonds. The predicted octanol–water partition coefficient (Wildman–Crippen LogP) is 3.07. The van der Waals surface area contributed by atoms with Crippen LogP contribution in [-0.2, 0) is 4.74 Å². The van der Waals surface area contributed by atoms with Crippen molar-refractivity contribution >= 4 is 0 Å². The Balaban J connectivity index is 2.21. The molecule has 0 aromatic heterocycles. The quantitative estimate of drug-likeness (QED) is 0.672. The lowest BCUT2D eigenvalue weighted by atomic mass is 10.1. The maximum Gasteiger partial charge on any atom is 0.0603 e. The van der Waals surface area contributed by atoms with Crippen molar-refractivity contribution in [2.24, 2.45) is 0 Å². The fourth-order valence-electron chi connectivity index (χ4n) is 2.32. The second-order valence-corrected chi connectivity index (χ2v) is 4.59. The Hall–Kier alpha value is -0.0800. The SMILES string of the molecule is CCCC(CC)OC1CCN(CC)CC1. The van der Waals surface area contributed by atoms with Gasteiger partial charge in [-0.25, -0.2) is 0 Å². The van der Waals surface area contributed by atoms with E-state index in [0.29, 0.717) is 12.2 Å². The summed E-state index contributed by atoms with van der Waals surface area (Å²) in [5, 5.41) is 0. The van der Waals surface area contributed by atoms with Crippen LogP contribution in [0.25, 0.3) is 0 Å². The van der Waals surface area contributed by atoms with E-state index in [4.69, 9.17) is 4.74 Å². The zero-order chi connectivity index (χ0) is 11.1. The van der Waals surface area contributed by atoms with Gasteiger partial charge in [0.05, 0.1) is 12.2 Å². The van der Waals surface area contributed by atoms with Crippen LogP contribution < -0.4 is 0 Å². The highest BCUT2D eigenvalue weighted by atomic mass is 16.5. The summed E-state index contributed by atoms with van der Waals surface area (Å²) in [6.07, 6.45) is 7.14. The van der Waals surface area contributed by atoms with Gasteiger partial charge in [-0.3, -0.25) is 0 Å². The lowest BCUT2D eigenvalue weighted by Gasteiger charge is -2.33. The molecule has 1 fully saturated rings. The molecule has 0 N–H and O–H groups in total. The summed E-state index contributed by atoms with van der Waals surface area (Å²) in [7, 11) is 0. The van der Waals surface area contributed by atoms with Crippen molar-refractivity contribution in [1.82, 2.24) is 4.90 Å². The molecule has 1 unspecified atom stereocenters. The summed E-state index contributed by atoms with van der Waals surface area (Å²) < 4.78 is 6.15. The standard InChI is InChI=1S/C13H27NO/c1-4-7-12(5-2)15-13-8-10-14(6-3)11-9-13/h12-13H,4-11H2,1-3H3. The summed E-state index contributed by atoms with van der Waals surface area (Å²) in [5.41, 5.74) is 0. The Bertz CT molecular complexity index is 153. The van der Waals surface area contributed by atoms with Gasteiger partial charge in [0.2, 0.25) is 0 Å². The topological polar surface area (TPSA) is 12.5 Å². The van der Waals surface area contributed by atoms with Gasteiger partial charge in [-0.2, -0.15) is 0 Å². The van der Waals surface area contributed by atoms with Crippen LogP contribution >= 0.6 is 0 Å². The maximum absolute atomic E-state index is 6.15. The molecular weight excluding hydrogens is 186 g/mol. The molecule has 15 heavy (non-hydrogen) atoms. The highest BCUT2D eigenvalue weighted by Crippen LogP contribution is 2.18. The molecule has 90 valence electrons. The molecular formula is C13H27NO. The molecule has 1 saturated heterocycles. The lowest BCUT2D eigenvalue weighted by Crippen LogP contribution is -2.38. The van der Waals surface area contributed by atoms with Crippen molar-refractivity contribution in [2.45, 2.75) is 65.1 Å². The summed E-state index contributed by atoms with van der Waals surface area (Å²) >= 11 is 0. The second-order valence-electron chi connectivity index (χ2n) is 4.59. The summed E-state index contributed by atoms with van der Waals surface area (Å²) in [6.45, 7) is 10.4. The van der Waals surface area contributed by atoms with Crippen molar-refractivity contribution in [3.8, 4) is 0 Å². The van der Waals surface area contributed by atoms with E-state index in [2.05, 4.69) is 25.7 Å². The number of piperidine rings is 1. The fraction of sp³-hybridized carbons (Fsp3) is 1.00. The molecule has 0 bridgehead atoms. The van der Waals surface area contributed by atoms with E-state index in [0.717, 1.165) is 0 Å². The van der Waals surface area contributed by atoms with Gasteiger partial charge in [-0.15, -0.1) is 0 Å². The highest BCUT2D eigenvalue weighted by molar-refractivity contribution is 4.73. The van der Waals surface area contributed by atoms with Crippen LogP contribution in [-0.4, -0.2) is 36.7 Å². The number of ether oxygens (including phenoxy) is 1. The first-order valence-electron chi connectivity index (χ1n) is 6.67. The maximum atomic E-state index is 6.15. The first-order valence-corrected chi connectivity index (χ1v) is 6.67. The van der Waals surface area contributed by atoms with E-state index in [9.17, 15) is 0 Å². The van der Waals surface area contributed by atoms with E-state index in [-0.39, 0.29) is 0 Å². The molecule has 1 aliphatic rings. The Labute approximate surface area is 95.0 Å². The monoisotopic (exact) mass is 213 g/mol. The number of hydrogen-bond donors (Lipinski definition) is 0. The molecule has 0 spiro atoms. The second kappa shape index (κ2) is 7.24. The van der Waals surface area contributed by atoms with Crippen LogP contribution in [0.1, 0.15) is 52.9 Å². The van der Waals surface area contributed by atoms with Gasteiger partial charge >= 0.3 is 0 Å². The number of hydrogen-bond acceptors (Lipinski definition) is 2. The molecule has 2 heteroatoms. The van der Waals surface area contributed by atoms with Crippen LogP contribution in [0.2, 0.25) is 0 Å². The van der Waals surface area contributed by atoms with Gasteiger partial charge in [-0.1, -0.05) is 27.2 Å². The molecule has 0 aromatic rings. The van der Waals surface area contributed by atoms with Crippen molar-refractivity contribution in [2.75, 3.05) is 19.6 Å². The molecule has 0 aromatic carbocycles. The van der Waals surface area contributed by atoms with E-state index in [1.54, 1.807) is 0 Å². The first kappa shape index (κ1) is 13.0. The van der Waals surface area contributed by atoms with Gasteiger partial charge in [0, 0.05) is 13.1 Å². The van der Waals surface area contributed by atoms with Crippen molar-refractivity contribution in [3.63, 3.8) is 0 Å². The van der Waals surface area contributed by atoms with E-state index in [1.165, 1.54) is 51.7 Å². The van der Waals surface area contributed by atoms with Crippen LogP contribution in [0.15, 0.2) is 0 Å². The van der Waals surface area contributed by atoms with Crippen LogP contribution in [0.4, 0.5) is 0 Å². The minimum absolute atomic E-state index is 0.508. The highest BCUT2D eigenvalue weighted by Gasteiger charge is 2.20. The van der Waals surface area contributed by atoms with Gasteiger partial charge in [0.15, 0.2) is 0 Å². The van der Waals surface area contributed by atoms with Crippen LogP contribution in [0, 0.1) is 0 Å². The molecule has 1 atom stereocenters. The molecule has 1 heterocycles. The third kappa shape index (κ3) is 4.52. The first-order chi connectivity index (χ1) is 7.30. The van der Waals surface area contributed by atoms with E-state index in [1.807, 2.05) is 0 Å². The average Bonchev–Trinajstić information content (AvgIpc) is 2.29. The minimum atomic E-state index is 0.508. The van der Waals surface area contributed by atoms with Crippen LogP contribution in [0.3, 0.4) is 0 Å². The predicted molar refractivity (Wildman–Crippen MR) is 65.2 cm³/mol. The smallest absolute Gasteiger partial charge is 0.0603 e. The fourth-order valence-corrected chi connectivity index (χ4v) is 2.32. The normalized spacial score (nSPS) is 21.8. The van der Waals surface area contributed by atoms with E-state index >= 15 is 0 Å². The number of likely N-dealkylation sites (tertiary alicyclic amines) is 1. The van der Waals surface area contributed by atoms with Crippen LogP contribution in [0.5, 0.6) is 0 Å². The molecule has 1 aliphatic heterocycles. The van der Waals surface area contributed by atoms with Gasteiger partial charge in [-0.05, 0) is 32.2 Å². The van der Waals surface area contributed by atoms with Crippen molar-refractivity contribution in [1.29, 1.82) is 0 Å². The average molecular weight is 213 g/mol. The lowest BCUT2D eigenvalue weighted by molar-refractivity contribution is -0.0463. The minimum Gasteiger partial charge on any atom is -0.375 e. The summed E-state index contributed by atoms with van der Waals surface area (Å²) in [4.78, 5) is 2.51. The van der Waals surface area contributed by atoms with Gasteiger partial charge in [0.25, 0.3) is 0 Å². The van der Waals surface area contributed by atoms with E-state index < -0.39 is 0 Å². The third-order valence-electron chi connectivity index (χ3n) is 3.43. The van der Waals surface area contributed by atoms with Gasteiger partial charge < -0.3 is 9.64 Å². The molecule has 1 rings (SSSR count). The number of nitrogens with zero attached hydrogens (tertiary/aromatic N) is 1. The third-order valence-corrected chi connectivity index (χ3v) is 3.43. The Morgan fingerprint density at radius 3 is 2.33 bits per heavy atom. The zero-order valence-corrected chi connectivity index (χ0v) is 10.7. The Morgan fingerprint density at radius 1 is 1.20 bits per heavy atom.